The van der Waals surface area contributed by atoms with Gasteiger partial charge in [0.1, 0.15) is 5.75 Å². The molecule has 0 atom stereocenters. The molecule has 0 aliphatic carbocycles. The molecule has 1 aromatic rings. The maximum Gasteiger partial charge on any atom is 0.438 e. The van der Waals surface area contributed by atoms with E-state index >= 15 is 0 Å². The van der Waals surface area contributed by atoms with Gasteiger partial charge in [-0.2, -0.15) is 8.42 Å². The Morgan fingerprint density at radius 3 is 2.07 bits per heavy atom. The minimum atomic E-state index is -3.93. The van der Waals surface area contributed by atoms with E-state index in [0.717, 1.165) is 0 Å². The molecule has 6 heteroatoms. The van der Waals surface area contributed by atoms with Crippen LogP contribution in [0.2, 0.25) is 19.6 Å². The van der Waals surface area contributed by atoms with Gasteiger partial charge < -0.3 is 4.18 Å². The van der Waals surface area contributed by atoms with Crippen LogP contribution in [0.25, 0.3) is 0 Å². The smallest absolute Gasteiger partial charge is 0.362 e. The number of hydrogen-bond donors (Lipinski definition) is 0. The number of para-hydroxylation sites is 1. The molecule has 0 aliphatic heterocycles. The van der Waals surface area contributed by atoms with Crippen molar-refractivity contribution in [2.75, 3.05) is 0 Å². The largest absolute Gasteiger partial charge is 0.438 e. The molecule has 0 aliphatic rings. The van der Waals surface area contributed by atoms with Crippen LogP contribution < -0.4 is 4.18 Å². The minimum absolute atomic E-state index is 0.260. The van der Waals surface area contributed by atoms with Gasteiger partial charge in [0.15, 0.2) is 0 Å². The molecule has 0 N–H and O–H groups in total. The lowest BCUT2D eigenvalue weighted by Crippen LogP contribution is -2.31. The monoisotopic (exact) mass is 246 g/mol. The first-order valence-corrected chi connectivity index (χ1v) is 9.23. The van der Waals surface area contributed by atoms with Gasteiger partial charge in [0.05, 0.1) is 0 Å². The highest BCUT2D eigenvalue weighted by molar-refractivity contribution is 7.83. The van der Waals surface area contributed by atoms with Crippen LogP contribution in [0.1, 0.15) is 0 Å². The molecule has 0 unspecified atom stereocenters. The van der Waals surface area contributed by atoms with Gasteiger partial charge in [-0.15, -0.1) is 0 Å². The second-order valence-corrected chi connectivity index (χ2v) is 9.87. The number of hydrogen-bond acceptors (Lipinski definition) is 4. The zero-order valence-corrected chi connectivity index (χ0v) is 10.7. The quantitative estimate of drug-likeness (QED) is 0.764. The van der Waals surface area contributed by atoms with Gasteiger partial charge in [-0.25, -0.2) is 0 Å². The van der Waals surface area contributed by atoms with Crippen LogP contribution in [0.5, 0.6) is 5.75 Å². The molecule has 0 saturated carbocycles. The molecule has 1 rings (SSSR count). The highest BCUT2D eigenvalue weighted by Gasteiger charge is 2.25. The fourth-order valence-electron chi connectivity index (χ4n) is 0.917. The SMILES string of the molecule is C[Si](C)(C)OS(=O)(=O)Oc1ccccc1. The molecular formula is C9H14O4SSi. The van der Waals surface area contributed by atoms with E-state index in [1.807, 2.05) is 0 Å². The van der Waals surface area contributed by atoms with Crippen molar-refractivity contribution in [1.29, 1.82) is 0 Å². The summed E-state index contributed by atoms with van der Waals surface area (Å²) in [5, 5.41) is 0. The molecule has 1 aromatic carbocycles. The third kappa shape index (κ3) is 4.96. The Morgan fingerprint density at radius 2 is 1.60 bits per heavy atom. The molecule has 0 aromatic heterocycles. The first-order valence-electron chi connectivity index (χ1n) is 4.49. The molecule has 0 fully saturated rings. The summed E-state index contributed by atoms with van der Waals surface area (Å²) in [6.45, 7) is 5.33. The van der Waals surface area contributed by atoms with E-state index in [1.54, 1.807) is 50.0 Å². The Balaban J connectivity index is 2.74. The third-order valence-corrected chi connectivity index (χ3v) is 4.51. The standard InChI is InChI=1S/C9H14O4SSi/c1-15(2,3)13-14(10,11)12-9-7-5-4-6-8-9/h4-8H,1-3H3. The van der Waals surface area contributed by atoms with Crippen molar-refractivity contribution in [2.24, 2.45) is 0 Å². The Kier molecular flexibility index (Phi) is 3.53. The van der Waals surface area contributed by atoms with Crippen molar-refractivity contribution < 1.29 is 16.5 Å². The van der Waals surface area contributed by atoms with Crippen LogP contribution in [0, 0.1) is 0 Å². The second kappa shape index (κ2) is 4.34. The fourth-order valence-corrected chi connectivity index (χ4v) is 3.85. The molecule has 4 nitrogen and oxygen atoms in total. The highest BCUT2D eigenvalue weighted by atomic mass is 32.3. The van der Waals surface area contributed by atoms with Crippen LogP contribution in [0.4, 0.5) is 0 Å². The van der Waals surface area contributed by atoms with Crippen LogP contribution in [-0.2, 0) is 14.3 Å². The van der Waals surface area contributed by atoms with Gasteiger partial charge in [0.2, 0.25) is 8.32 Å². The predicted molar refractivity (Wildman–Crippen MR) is 60.4 cm³/mol. The normalized spacial score (nSPS) is 12.5. The zero-order valence-electron chi connectivity index (χ0n) is 8.93. The molecule has 0 radical (unpaired) electrons. The lowest BCUT2D eigenvalue weighted by molar-refractivity contribution is 0.391. The van der Waals surface area contributed by atoms with E-state index < -0.39 is 18.7 Å². The highest BCUT2D eigenvalue weighted by Crippen LogP contribution is 2.15. The summed E-state index contributed by atoms with van der Waals surface area (Å²) in [7, 11) is -6.09. The summed E-state index contributed by atoms with van der Waals surface area (Å²) in [4.78, 5) is 0. The summed E-state index contributed by atoms with van der Waals surface area (Å²) in [5.41, 5.74) is 0. The van der Waals surface area contributed by atoms with E-state index in [9.17, 15) is 8.42 Å². The second-order valence-electron chi connectivity index (χ2n) is 4.00. The maximum absolute atomic E-state index is 11.4. The lowest BCUT2D eigenvalue weighted by atomic mass is 10.3. The van der Waals surface area contributed by atoms with Gasteiger partial charge >= 0.3 is 10.4 Å². The van der Waals surface area contributed by atoms with E-state index in [-0.39, 0.29) is 5.75 Å². The summed E-state index contributed by atoms with van der Waals surface area (Å²) in [6, 6.07) is 8.29. The van der Waals surface area contributed by atoms with Crippen molar-refractivity contribution >= 4 is 18.7 Å². The van der Waals surface area contributed by atoms with E-state index in [1.165, 1.54) is 0 Å². The Labute approximate surface area is 91.3 Å². The van der Waals surface area contributed by atoms with Gasteiger partial charge in [-0.05, 0) is 31.8 Å². The first-order chi connectivity index (χ1) is 6.79. The molecule has 84 valence electrons. The molecule has 0 bridgehead atoms. The molecule has 15 heavy (non-hydrogen) atoms. The predicted octanol–water partition coefficient (Wildman–Crippen LogP) is 2.16. The molecule has 0 spiro atoms. The molecule has 0 saturated heterocycles. The summed E-state index contributed by atoms with van der Waals surface area (Å²) < 4.78 is 32.5. The van der Waals surface area contributed by atoms with Gasteiger partial charge in [0, 0.05) is 0 Å². The van der Waals surface area contributed by atoms with Crippen molar-refractivity contribution in [2.45, 2.75) is 19.6 Å². The van der Waals surface area contributed by atoms with Gasteiger partial charge in [-0.1, -0.05) is 18.2 Å². The molecule has 0 heterocycles. The molecular weight excluding hydrogens is 232 g/mol. The minimum Gasteiger partial charge on any atom is -0.362 e. The third-order valence-electron chi connectivity index (χ3n) is 1.29. The zero-order chi connectivity index (χ0) is 11.5. The van der Waals surface area contributed by atoms with Crippen molar-refractivity contribution in [3.05, 3.63) is 30.3 Å². The fraction of sp³-hybridized carbons (Fsp3) is 0.333. The van der Waals surface area contributed by atoms with Crippen molar-refractivity contribution in [3.8, 4) is 5.75 Å². The summed E-state index contributed by atoms with van der Waals surface area (Å²) >= 11 is 0. The Hall–Kier alpha value is -0.853. The van der Waals surface area contributed by atoms with Crippen molar-refractivity contribution in [3.63, 3.8) is 0 Å². The van der Waals surface area contributed by atoms with Crippen LogP contribution in [0.15, 0.2) is 30.3 Å². The average molecular weight is 246 g/mol. The first kappa shape index (κ1) is 12.2. The Bertz CT molecular complexity index is 407. The Morgan fingerprint density at radius 1 is 1.07 bits per heavy atom. The topological polar surface area (TPSA) is 52.6 Å². The maximum atomic E-state index is 11.4. The average Bonchev–Trinajstić information content (AvgIpc) is 1.99. The van der Waals surface area contributed by atoms with E-state index in [2.05, 4.69) is 0 Å². The van der Waals surface area contributed by atoms with Crippen molar-refractivity contribution in [1.82, 2.24) is 0 Å². The lowest BCUT2D eigenvalue weighted by Gasteiger charge is -2.16. The van der Waals surface area contributed by atoms with Crippen LogP contribution >= 0.6 is 0 Å². The molecule has 0 amide bonds. The summed E-state index contributed by atoms with van der Waals surface area (Å²) in [5.74, 6) is 0.260. The number of rotatable bonds is 4. The van der Waals surface area contributed by atoms with Crippen LogP contribution in [0.3, 0.4) is 0 Å². The number of benzene rings is 1. The van der Waals surface area contributed by atoms with Crippen LogP contribution in [-0.4, -0.2) is 16.7 Å². The summed E-state index contributed by atoms with van der Waals surface area (Å²) in [6.07, 6.45) is 0. The van der Waals surface area contributed by atoms with Gasteiger partial charge in [0.25, 0.3) is 0 Å². The van der Waals surface area contributed by atoms with E-state index in [0.29, 0.717) is 0 Å². The van der Waals surface area contributed by atoms with Gasteiger partial charge in [-0.3, -0.25) is 3.87 Å². The van der Waals surface area contributed by atoms with E-state index in [4.69, 9.17) is 8.06 Å².